The summed E-state index contributed by atoms with van der Waals surface area (Å²) in [4.78, 5) is 22.8. The third kappa shape index (κ3) is 4.11. The van der Waals surface area contributed by atoms with Crippen LogP contribution in [0.4, 0.5) is 4.39 Å². The number of carboxylic acids is 1. The second kappa shape index (κ2) is 6.88. The number of rotatable bonds is 5. The highest BCUT2D eigenvalue weighted by atomic mass is 32.2. The van der Waals surface area contributed by atoms with Crippen LogP contribution in [0.3, 0.4) is 0 Å². The minimum Gasteiger partial charge on any atom is -0.481 e. The molecule has 2 N–H and O–H groups in total. The molecule has 0 aliphatic heterocycles. The molecule has 0 spiro atoms. The number of aliphatic carboxylic acids is 1. The van der Waals surface area contributed by atoms with Crippen molar-refractivity contribution in [2.24, 2.45) is 11.8 Å². The Balaban J connectivity index is 2.05. The summed E-state index contributed by atoms with van der Waals surface area (Å²) in [5.74, 6) is -2.88. The minimum absolute atomic E-state index is 0.265. The van der Waals surface area contributed by atoms with Gasteiger partial charge < -0.3 is 10.4 Å². The molecule has 1 saturated carbocycles. The quantitative estimate of drug-likeness (QED) is 0.838. The van der Waals surface area contributed by atoms with Crippen LogP contribution in [0.15, 0.2) is 23.1 Å². The van der Waals surface area contributed by atoms with Gasteiger partial charge in [-0.05, 0) is 43.9 Å². The topological polar surface area (TPSA) is 101 Å². The van der Waals surface area contributed by atoms with Gasteiger partial charge in [0.25, 0.3) is 0 Å². The largest absolute Gasteiger partial charge is 0.481 e. The molecule has 24 heavy (non-hydrogen) atoms. The van der Waals surface area contributed by atoms with Crippen LogP contribution in [-0.2, 0) is 19.4 Å². The van der Waals surface area contributed by atoms with Gasteiger partial charge in [0.15, 0.2) is 9.84 Å². The Morgan fingerprint density at radius 2 is 1.92 bits per heavy atom. The minimum atomic E-state index is -3.64. The molecule has 1 aromatic rings. The maximum absolute atomic E-state index is 13.9. The Bertz CT molecular complexity index is 762. The average Bonchev–Trinajstić information content (AvgIpc) is 2.95. The summed E-state index contributed by atoms with van der Waals surface area (Å²) in [5.41, 5.74) is 0.445. The zero-order chi connectivity index (χ0) is 18.1. The van der Waals surface area contributed by atoms with E-state index < -0.39 is 33.6 Å². The molecule has 0 saturated heterocycles. The van der Waals surface area contributed by atoms with Crippen molar-refractivity contribution in [3.8, 4) is 0 Å². The molecule has 3 atom stereocenters. The maximum Gasteiger partial charge on any atom is 0.306 e. The van der Waals surface area contributed by atoms with E-state index in [2.05, 4.69) is 5.32 Å². The lowest BCUT2D eigenvalue weighted by atomic mass is 10.0. The van der Waals surface area contributed by atoms with Crippen molar-refractivity contribution in [2.75, 3.05) is 6.26 Å². The molecular formula is C16H20FNO5S. The van der Waals surface area contributed by atoms with Gasteiger partial charge in [0.2, 0.25) is 5.91 Å². The summed E-state index contributed by atoms with van der Waals surface area (Å²) < 4.78 is 36.8. The van der Waals surface area contributed by atoms with E-state index in [1.54, 1.807) is 6.92 Å². The van der Waals surface area contributed by atoms with Gasteiger partial charge in [-0.25, -0.2) is 12.8 Å². The summed E-state index contributed by atoms with van der Waals surface area (Å²) in [7, 11) is -3.64. The molecule has 1 aliphatic rings. The first-order chi connectivity index (χ1) is 11.1. The number of carbonyl (C=O) groups excluding carboxylic acids is 1. The average molecular weight is 357 g/mol. The van der Waals surface area contributed by atoms with E-state index in [4.69, 9.17) is 5.11 Å². The van der Waals surface area contributed by atoms with Gasteiger partial charge in [0.05, 0.1) is 12.0 Å². The van der Waals surface area contributed by atoms with E-state index in [1.807, 2.05) is 0 Å². The van der Waals surface area contributed by atoms with E-state index in [0.29, 0.717) is 24.8 Å². The summed E-state index contributed by atoms with van der Waals surface area (Å²) in [5, 5.41) is 11.7. The normalized spacial score (nSPS) is 22.1. The zero-order valence-electron chi connectivity index (χ0n) is 13.5. The summed E-state index contributed by atoms with van der Waals surface area (Å²) >= 11 is 0. The molecule has 0 heterocycles. The summed E-state index contributed by atoms with van der Waals surface area (Å²) in [6, 6.07) is 3.22. The predicted molar refractivity (Wildman–Crippen MR) is 84.5 cm³/mol. The number of amides is 1. The maximum atomic E-state index is 13.9. The number of halogens is 1. The number of carboxylic acid groups (broad SMARTS) is 1. The van der Waals surface area contributed by atoms with Crippen LogP contribution in [0, 0.1) is 17.7 Å². The van der Waals surface area contributed by atoms with Crippen molar-refractivity contribution in [3.63, 3.8) is 0 Å². The Hall–Kier alpha value is -1.96. The van der Waals surface area contributed by atoms with E-state index in [-0.39, 0.29) is 16.7 Å². The first-order valence-corrected chi connectivity index (χ1v) is 9.51. The highest BCUT2D eigenvalue weighted by molar-refractivity contribution is 7.90. The molecule has 1 amide bonds. The molecule has 0 aromatic heterocycles. The molecule has 0 radical (unpaired) electrons. The monoisotopic (exact) mass is 357 g/mol. The molecular weight excluding hydrogens is 337 g/mol. The molecule has 1 fully saturated rings. The van der Waals surface area contributed by atoms with Crippen LogP contribution in [0.25, 0.3) is 0 Å². The second-order valence-electron chi connectivity index (χ2n) is 6.24. The van der Waals surface area contributed by atoms with Gasteiger partial charge in [-0.1, -0.05) is 6.07 Å². The SMILES string of the molecule is CC(NC(=O)[C@@H]1CC[C@H](C(=O)O)C1)c1ccc(S(C)(=O)=O)c(F)c1. The summed E-state index contributed by atoms with van der Waals surface area (Å²) in [6.07, 6.45) is 2.21. The lowest BCUT2D eigenvalue weighted by Crippen LogP contribution is -2.32. The van der Waals surface area contributed by atoms with Crippen molar-refractivity contribution >= 4 is 21.7 Å². The summed E-state index contributed by atoms with van der Waals surface area (Å²) in [6.45, 7) is 1.66. The van der Waals surface area contributed by atoms with Crippen LogP contribution in [0.1, 0.15) is 37.8 Å². The molecule has 6 nitrogen and oxygen atoms in total. The van der Waals surface area contributed by atoms with Crippen LogP contribution < -0.4 is 5.32 Å². The number of sulfone groups is 1. The van der Waals surface area contributed by atoms with Gasteiger partial charge in [-0.2, -0.15) is 0 Å². The van der Waals surface area contributed by atoms with Crippen LogP contribution in [-0.4, -0.2) is 31.7 Å². The second-order valence-corrected chi connectivity index (χ2v) is 8.22. The van der Waals surface area contributed by atoms with Gasteiger partial charge in [-0.3, -0.25) is 9.59 Å². The Morgan fingerprint density at radius 1 is 1.29 bits per heavy atom. The van der Waals surface area contributed by atoms with E-state index in [1.165, 1.54) is 12.1 Å². The van der Waals surface area contributed by atoms with Crippen molar-refractivity contribution < 1.29 is 27.5 Å². The van der Waals surface area contributed by atoms with Crippen molar-refractivity contribution in [2.45, 2.75) is 37.1 Å². The van der Waals surface area contributed by atoms with Crippen LogP contribution in [0.5, 0.6) is 0 Å². The molecule has 1 aromatic carbocycles. The first kappa shape index (κ1) is 18.4. The molecule has 1 unspecified atom stereocenters. The molecule has 1 aliphatic carbocycles. The highest BCUT2D eigenvalue weighted by Gasteiger charge is 2.34. The van der Waals surface area contributed by atoms with E-state index >= 15 is 0 Å². The van der Waals surface area contributed by atoms with Gasteiger partial charge in [-0.15, -0.1) is 0 Å². The van der Waals surface area contributed by atoms with Gasteiger partial charge in [0.1, 0.15) is 10.7 Å². The fraction of sp³-hybridized carbons (Fsp3) is 0.500. The number of carbonyl (C=O) groups is 2. The van der Waals surface area contributed by atoms with Crippen molar-refractivity contribution in [3.05, 3.63) is 29.6 Å². The standard InChI is InChI=1S/C16H20FNO5S/c1-9(10-5-6-14(13(17)8-10)24(2,22)23)18-15(19)11-3-4-12(7-11)16(20)21/h5-6,8-9,11-12H,3-4,7H2,1-2H3,(H,18,19)(H,20,21)/t9?,11-,12+/m1/s1. The number of hydrogen-bond donors (Lipinski definition) is 2. The highest BCUT2D eigenvalue weighted by Crippen LogP contribution is 2.31. The van der Waals surface area contributed by atoms with E-state index in [0.717, 1.165) is 12.3 Å². The van der Waals surface area contributed by atoms with Gasteiger partial charge >= 0.3 is 5.97 Å². The number of nitrogens with one attached hydrogen (secondary N) is 1. The van der Waals surface area contributed by atoms with Crippen molar-refractivity contribution in [1.82, 2.24) is 5.32 Å². The molecule has 132 valence electrons. The van der Waals surface area contributed by atoms with Crippen molar-refractivity contribution in [1.29, 1.82) is 0 Å². The molecule has 2 rings (SSSR count). The third-order valence-electron chi connectivity index (χ3n) is 4.37. The fourth-order valence-corrected chi connectivity index (χ4v) is 3.67. The zero-order valence-corrected chi connectivity index (χ0v) is 14.3. The predicted octanol–water partition coefficient (Wildman–Crippen LogP) is 1.91. The number of hydrogen-bond acceptors (Lipinski definition) is 4. The third-order valence-corrected chi connectivity index (χ3v) is 5.50. The Kier molecular flexibility index (Phi) is 5.27. The number of benzene rings is 1. The Morgan fingerprint density at radius 3 is 2.42 bits per heavy atom. The molecule has 8 heteroatoms. The van der Waals surface area contributed by atoms with Gasteiger partial charge in [0, 0.05) is 12.2 Å². The van der Waals surface area contributed by atoms with Crippen LogP contribution >= 0.6 is 0 Å². The van der Waals surface area contributed by atoms with Crippen LogP contribution in [0.2, 0.25) is 0 Å². The smallest absolute Gasteiger partial charge is 0.306 e. The molecule has 0 bridgehead atoms. The Labute approximate surface area is 140 Å². The van der Waals surface area contributed by atoms with E-state index in [9.17, 15) is 22.4 Å². The fourth-order valence-electron chi connectivity index (χ4n) is 2.95. The lowest BCUT2D eigenvalue weighted by Gasteiger charge is -2.18. The first-order valence-electron chi connectivity index (χ1n) is 7.62. The lowest BCUT2D eigenvalue weighted by molar-refractivity contribution is -0.141.